The van der Waals surface area contributed by atoms with E-state index in [1.807, 2.05) is 0 Å². The number of aryl methyl sites for hydroxylation is 1. The summed E-state index contributed by atoms with van der Waals surface area (Å²) in [5, 5.41) is 11.8. The standard InChI is InChI=1S/C10H7F5N2O3/c1-5-2-3-7(17(19)20)6(4-5)16-8(18)9(11,12)10(13,14)15/h2-4H,1H3,(H,16,18). The minimum absolute atomic E-state index is 0.334. The number of hydrogen-bond donors (Lipinski definition) is 1. The van der Waals surface area contributed by atoms with Crippen molar-refractivity contribution in [3.05, 3.63) is 33.9 Å². The Kier molecular flexibility index (Phi) is 3.97. The molecular formula is C10H7F5N2O3. The molecule has 0 radical (unpaired) electrons. The fraction of sp³-hybridized carbons (Fsp3) is 0.300. The molecule has 20 heavy (non-hydrogen) atoms. The van der Waals surface area contributed by atoms with Gasteiger partial charge in [-0.15, -0.1) is 0 Å². The van der Waals surface area contributed by atoms with Crippen LogP contribution in [0.15, 0.2) is 18.2 Å². The number of nitrogens with zero attached hydrogens (tertiary/aromatic N) is 1. The maximum atomic E-state index is 12.7. The number of nitro groups is 1. The van der Waals surface area contributed by atoms with Crippen molar-refractivity contribution < 1.29 is 31.7 Å². The van der Waals surface area contributed by atoms with Crippen LogP contribution >= 0.6 is 0 Å². The molecule has 0 aromatic heterocycles. The second-order valence-corrected chi connectivity index (χ2v) is 3.80. The molecule has 0 saturated heterocycles. The van der Waals surface area contributed by atoms with Gasteiger partial charge in [-0.1, -0.05) is 6.07 Å². The highest BCUT2D eigenvalue weighted by atomic mass is 19.4. The van der Waals surface area contributed by atoms with E-state index < -0.39 is 34.3 Å². The fourth-order valence-electron chi connectivity index (χ4n) is 1.24. The predicted octanol–water partition coefficient (Wildman–Crippen LogP) is 3.04. The third-order valence-corrected chi connectivity index (χ3v) is 2.24. The number of alkyl halides is 5. The Hall–Kier alpha value is -2.26. The zero-order valence-electron chi connectivity index (χ0n) is 9.79. The van der Waals surface area contributed by atoms with E-state index in [1.54, 1.807) is 0 Å². The average Bonchev–Trinajstić information content (AvgIpc) is 2.26. The van der Waals surface area contributed by atoms with Gasteiger partial charge < -0.3 is 5.32 Å². The first-order valence-electron chi connectivity index (χ1n) is 4.98. The molecule has 1 rings (SSSR count). The van der Waals surface area contributed by atoms with Crippen LogP contribution < -0.4 is 5.32 Å². The van der Waals surface area contributed by atoms with Crippen molar-refractivity contribution in [1.82, 2.24) is 0 Å². The minimum Gasteiger partial charge on any atom is -0.315 e. The molecule has 0 heterocycles. The summed E-state index contributed by atoms with van der Waals surface area (Å²) in [6.07, 6.45) is -6.09. The number of nitrogens with one attached hydrogen (secondary N) is 1. The van der Waals surface area contributed by atoms with E-state index in [1.165, 1.54) is 18.3 Å². The monoisotopic (exact) mass is 298 g/mol. The number of anilines is 1. The van der Waals surface area contributed by atoms with Crippen molar-refractivity contribution in [2.24, 2.45) is 0 Å². The maximum absolute atomic E-state index is 12.7. The van der Waals surface area contributed by atoms with Crippen LogP contribution in [0.5, 0.6) is 0 Å². The van der Waals surface area contributed by atoms with Gasteiger partial charge in [0.15, 0.2) is 0 Å². The van der Waals surface area contributed by atoms with Crippen LogP contribution in [0.2, 0.25) is 0 Å². The highest BCUT2D eigenvalue weighted by Crippen LogP contribution is 2.37. The first kappa shape index (κ1) is 15.8. The van der Waals surface area contributed by atoms with Gasteiger partial charge in [0, 0.05) is 6.07 Å². The summed E-state index contributed by atoms with van der Waals surface area (Å²) >= 11 is 0. The van der Waals surface area contributed by atoms with E-state index in [0.717, 1.165) is 12.1 Å². The van der Waals surface area contributed by atoms with Crippen LogP contribution in [0.25, 0.3) is 0 Å². The molecule has 0 unspecified atom stereocenters. The molecule has 0 aliphatic heterocycles. The number of halogens is 5. The molecule has 1 N–H and O–H groups in total. The Morgan fingerprint density at radius 2 is 1.80 bits per heavy atom. The van der Waals surface area contributed by atoms with E-state index >= 15 is 0 Å². The number of amides is 1. The van der Waals surface area contributed by atoms with E-state index in [9.17, 15) is 36.9 Å². The number of carbonyl (C=O) groups excluding carboxylic acids is 1. The van der Waals surface area contributed by atoms with Gasteiger partial charge in [0.25, 0.3) is 5.69 Å². The van der Waals surface area contributed by atoms with Crippen molar-refractivity contribution in [1.29, 1.82) is 0 Å². The highest BCUT2D eigenvalue weighted by molar-refractivity contribution is 5.98. The lowest BCUT2D eigenvalue weighted by molar-refractivity contribution is -0.384. The number of nitro benzene ring substituents is 1. The molecule has 5 nitrogen and oxygen atoms in total. The van der Waals surface area contributed by atoms with E-state index in [0.29, 0.717) is 5.56 Å². The minimum atomic E-state index is -6.09. The molecule has 0 atom stereocenters. The maximum Gasteiger partial charge on any atom is 0.463 e. The van der Waals surface area contributed by atoms with Gasteiger partial charge in [0.2, 0.25) is 0 Å². The van der Waals surface area contributed by atoms with Gasteiger partial charge in [-0.05, 0) is 18.6 Å². The Bertz CT molecular complexity index is 556. The summed E-state index contributed by atoms with van der Waals surface area (Å²) in [6.45, 7) is 1.42. The van der Waals surface area contributed by atoms with Crippen LogP contribution in [-0.4, -0.2) is 22.9 Å². The molecule has 10 heteroatoms. The lowest BCUT2D eigenvalue weighted by Crippen LogP contribution is -2.47. The van der Waals surface area contributed by atoms with Crippen LogP contribution in [0.3, 0.4) is 0 Å². The van der Waals surface area contributed by atoms with Crippen LogP contribution in [-0.2, 0) is 4.79 Å². The Morgan fingerprint density at radius 3 is 2.25 bits per heavy atom. The number of rotatable bonds is 3. The topological polar surface area (TPSA) is 72.2 Å². The molecule has 0 spiro atoms. The lowest BCUT2D eigenvalue weighted by Gasteiger charge is -2.18. The van der Waals surface area contributed by atoms with Crippen molar-refractivity contribution in [3.8, 4) is 0 Å². The quantitative estimate of drug-likeness (QED) is 0.529. The predicted molar refractivity (Wildman–Crippen MR) is 57.5 cm³/mol. The largest absolute Gasteiger partial charge is 0.463 e. The summed E-state index contributed by atoms with van der Waals surface area (Å²) in [7, 11) is 0. The van der Waals surface area contributed by atoms with E-state index in [2.05, 4.69) is 0 Å². The smallest absolute Gasteiger partial charge is 0.315 e. The number of benzene rings is 1. The van der Waals surface area contributed by atoms with E-state index in [-0.39, 0.29) is 0 Å². The molecule has 1 aromatic carbocycles. The molecule has 0 aliphatic rings. The van der Waals surface area contributed by atoms with Gasteiger partial charge in [0.1, 0.15) is 5.69 Å². The second-order valence-electron chi connectivity index (χ2n) is 3.80. The van der Waals surface area contributed by atoms with Gasteiger partial charge in [-0.2, -0.15) is 22.0 Å². The summed E-state index contributed by atoms with van der Waals surface area (Å²) < 4.78 is 61.4. The number of hydrogen-bond acceptors (Lipinski definition) is 3. The SMILES string of the molecule is Cc1ccc([N+](=O)[O-])c(NC(=O)C(F)(F)C(F)(F)F)c1. The van der Waals surface area contributed by atoms with Gasteiger partial charge in [-0.25, -0.2) is 0 Å². The molecule has 1 amide bonds. The summed E-state index contributed by atoms with van der Waals surface area (Å²) in [6, 6.07) is 3.05. The fourth-order valence-corrected chi connectivity index (χ4v) is 1.24. The van der Waals surface area contributed by atoms with Gasteiger partial charge >= 0.3 is 18.0 Å². The zero-order valence-corrected chi connectivity index (χ0v) is 9.79. The lowest BCUT2D eigenvalue weighted by atomic mass is 10.2. The molecule has 0 aliphatic carbocycles. The average molecular weight is 298 g/mol. The Balaban J connectivity index is 3.14. The Morgan fingerprint density at radius 1 is 1.25 bits per heavy atom. The first-order valence-corrected chi connectivity index (χ1v) is 4.98. The third-order valence-electron chi connectivity index (χ3n) is 2.24. The van der Waals surface area contributed by atoms with Crippen LogP contribution in [0.4, 0.5) is 33.3 Å². The molecule has 0 bridgehead atoms. The van der Waals surface area contributed by atoms with Crippen molar-refractivity contribution >= 4 is 17.3 Å². The summed E-state index contributed by atoms with van der Waals surface area (Å²) in [5.41, 5.74) is -1.19. The normalized spacial score (nSPS) is 12.1. The second kappa shape index (κ2) is 5.02. The van der Waals surface area contributed by atoms with Gasteiger partial charge in [-0.3, -0.25) is 14.9 Å². The van der Waals surface area contributed by atoms with Crippen LogP contribution in [0, 0.1) is 17.0 Å². The van der Waals surface area contributed by atoms with E-state index in [4.69, 9.17) is 0 Å². The van der Waals surface area contributed by atoms with Gasteiger partial charge in [0.05, 0.1) is 4.92 Å². The summed E-state index contributed by atoms with van der Waals surface area (Å²) in [4.78, 5) is 20.6. The first-order chi connectivity index (χ1) is 8.96. The third kappa shape index (κ3) is 3.00. The Labute approximate surface area is 108 Å². The van der Waals surface area contributed by atoms with Crippen molar-refractivity contribution in [3.63, 3.8) is 0 Å². The molecule has 1 aromatic rings. The van der Waals surface area contributed by atoms with Crippen molar-refractivity contribution in [2.75, 3.05) is 5.32 Å². The molecular weight excluding hydrogens is 291 g/mol. The molecule has 0 saturated carbocycles. The molecule has 0 fully saturated rings. The summed E-state index contributed by atoms with van der Waals surface area (Å²) in [5.74, 6) is -8.33. The van der Waals surface area contributed by atoms with Crippen molar-refractivity contribution in [2.45, 2.75) is 19.0 Å². The number of carbonyl (C=O) groups is 1. The zero-order chi connectivity index (χ0) is 15.7. The van der Waals surface area contributed by atoms with Crippen LogP contribution in [0.1, 0.15) is 5.56 Å². The highest BCUT2D eigenvalue weighted by Gasteiger charge is 2.63. The molecule has 110 valence electrons.